The van der Waals surface area contributed by atoms with Crippen molar-refractivity contribution in [2.75, 3.05) is 10.6 Å². The molecule has 29 heavy (non-hydrogen) atoms. The second kappa shape index (κ2) is 8.24. The molecule has 0 fully saturated rings. The maximum absolute atomic E-state index is 12.6. The summed E-state index contributed by atoms with van der Waals surface area (Å²) in [4.78, 5) is 16.1. The van der Waals surface area contributed by atoms with Crippen LogP contribution in [0.4, 0.5) is 29.8 Å². The third-order valence-electron chi connectivity index (χ3n) is 4.30. The molecule has 2 aromatic heterocycles. The van der Waals surface area contributed by atoms with Crippen LogP contribution in [0.15, 0.2) is 35.7 Å². The molecule has 1 amide bonds. The van der Waals surface area contributed by atoms with E-state index in [1.165, 1.54) is 0 Å². The Bertz CT molecular complexity index is 994. The number of hydrogen-bond acceptors (Lipinski definition) is 5. The van der Waals surface area contributed by atoms with Crippen LogP contribution in [0.3, 0.4) is 0 Å². The van der Waals surface area contributed by atoms with Crippen molar-refractivity contribution in [1.82, 2.24) is 14.8 Å². The van der Waals surface area contributed by atoms with Crippen LogP contribution in [0.1, 0.15) is 36.7 Å². The Hall–Kier alpha value is -2.88. The quantitative estimate of drug-likeness (QED) is 0.574. The summed E-state index contributed by atoms with van der Waals surface area (Å²) in [6, 6.07) is 8.73. The van der Waals surface area contributed by atoms with E-state index in [0.717, 1.165) is 28.0 Å². The Labute approximate surface area is 169 Å². The van der Waals surface area contributed by atoms with E-state index in [1.807, 2.05) is 19.9 Å². The molecule has 3 aromatic rings. The first-order chi connectivity index (χ1) is 13.7. The lowest BCUT2D eigenvalue weighted by atomic mass is 10.00. The van der Waals surface area contributed by atoms with Gasteiger partial charge in [-0.2, -0.15) is 18.3 Å². The normalized spacial score (nSPS) is 12.6. The molecule has 0 aliphatic heterocycles. The molecule has 0 spiro atoms. The van der Waals surface area contributed by atoms with E-state index in [2.05, 4.69) is 20.7 Å². The molecule has 3 rings (SSSR count). The van der Waals surface area contributed by atoms with Crippen LogP contribution in [0, 0.1) is 6.92 Å². The van der Waals surface area contributed by atoms with Gasteiger partial charge in [-0.25, -0.2) is 9.67 Å². The maximum Gasteiger partial charge on any atom is 0.434 e. The van der Waals surface area contributed by atoms with Crippen molar-refractivity contribution in [3.05, 3.63) is 52.7 Å². The Morgan fingerprint density at radius 2 is 1.97 bits per heavy atom. The van der Waals surface area contributed by atoms with E-state index < -0.39 is 17.8 Å². The van der Waals surface area contributed by atoms with Gasteiger partial charge in [-0.15, -0.1) is 11.3 Å². The minimum atomic E-state index is -4.46. The molecule has 2 heterocycles. The van der Waals surface area contributed by atoms with Gasteiger partial charge < -0.3 is 10.6 Å². The molecule has 1 aromatic carbocycles. The number of alkyl halides is 3. The van der Waals surface area contributed by atoms with Crippen LogP contribution in [-0.4, -0.2) is 20.7 Å². The van der Waals surface area contributed by atoms with Gasteiger partial charge in [-0.05, 0) is 38.5 Å². The number of anilines is 3. The van der Waals surface area contributed by atoms with Crippen molar-refractivity contribution in [2.45, 2.75) is 39.4 Å². The van der Waals surface area contributed by atoms with E-state index in [9.17, 15) is 18.0 Å². The van der Waals surface area contributed by atoms with E-state index in [0.29, 0.717) is 18.1 Å². The van der Waals surface area contributed by atoms with E-state index in [-0.39, 0.29) is 11.0 Å². The first-order valence-electron chi connectivity index (χ1n) is 8.92. The van der Waals surface area contributed by atoms with Crippen LogP contribution in [0.2, 0.25) is 0 Å². The molecule has 0 aliphatic rings. The van der Waals surface area contributed by atoms with Gasteiger partial charge in [0, 0.05) is 23.7 Å². The van der Waals surface area contributed by atoms with Crippen LogP contribution >= 0.6 is 11.3 Å². The molecule has 1 atom stereocenters. The minimum Gasteiger partial charge on any atom is -0.332 e. The number of aryl methyl sites for hydroxylation is 2. The maximum atomic E-state index is 12.6. The summed E-state index contributed by atoms with van der Waals surface area (Å²) in [5.74, 6) is 0.0562. The van der Waals surface area contributed by atoms with Crippen molar-refractivity contribution in [2.24, 2.45) is 0 Å². The third-order valence-corrected chi connectivity index (χ3v) is 5.06. The molecule has 1 unspecified atom stereocenters. The zero-order valence-corrected chi connectivity index (χ0v) is 16.9. The van der Waals surface area contributed by atoms with Gasteiger partial charge >= 0.3 is 6.18 Å². The predicted molar refractivity (Wildman–Crippen MR) is 107 cm³/mol. The molecule has 0 saturated heterocycles. The fourth-order valence-electron chi connectivity index (χ4n) is 2.71. The summed E-state index contributed by atoms with van der Waals surface area (Å²) >= 11 is 0.879. The monoisotopic (exact) mass is 423 g/mol. The predicted octanol–water partition coefficient (Wildman–Crippen LogP) is 5.17. The lowest BCUT2D eigenvalue weighted by Gasteiger charge is -2.14. The largest absolute Gasteiger partial charge is 0.434 e. The number of hydrogen-bond donors (Lipinski definition) is 2. The highest BCUT2D eigenvalue weighted by molar-refractivity contribution is 7.13. The molecule has 6 nitrogen and oxygen atoms in total. The van der Waals surface area contributed by atoms with Gasteiger partial charge in [0.15, 0.2) is 10.8 Å². The van der Waals surface area contributed by atoms with Crippen LogP contribution in [0.5, 0.6) is 0 Å². The van der Waals surface area contributed by atoms with Gasteiger partial charge in [0.2, 0.25) is 5.91 Å². The molecular formula is C19H20F3N5OS. The Morgan fingerprint density at radius 1 is 1.28 bits per heavy atom. The number of aromatic nitrogens is 3. The number of amides is 1. The van der Waals surface area contributed by atoms with E-state index >= 15 is 0 Å². The average molecular weight is 423 g/mol. The molecule has 0 aliphatic carbocycles. The molecule has 2 N–H and O–H groups in total. The summed E-state index contributed by atoms with van der Waals surface area (Å²) in [6.45, 7) is 6.23. The fraction of sp³-hybridized carbons (Fsp3) is 0.316. The second-order valence-electron chi connectivity index (χ2n) is 6.48. The molecule has 10 heteroatoms. The van der Waals surface area contributed by atoms with Crippen LogP contribution in [-0.2, 0) is 17.5 Å². The first kappa shape index (κ1) is 20.8. The number of rotatable bonds is 6. The zero-order chi connectivity index (χ0) is 21.2. The highest BCUT2D eigenvalue weighted by Gasteiger charge is 2.33. The van der Waals surface area contributed by atoms with Gasteiger partial charge in [-0.1, -0.05) is 12.1 Å². The lowest BCUT2D eigenvalue weighted by molar-refractivity contribution is -0.140. The Kier molecular flexibility index (Phi) is 5.92. The number of nitrogens with zero attached hydrogens (tertiary/aromatic N) is 3. The second-order valence-corrected chi connectivity index (χ2v) is 7.34. The molecule has 0 bridgehead atoms. The van der Waals surface area contributed by atoms with E-state index in [1.54, 1.807) is 35.9 Å². The fourth-order valence-corrected chi connectivity index (χ4v) is 3.45. The number of carbonyl (C=O) groups excluding carboxylic acids is 1. The standard InChI is InChI=1S/C19H20F3N5OS/c1-4-27-16(9-11(2)26-27)25-17(28)12(3)13-5-7-14(8-6-13)23-18-24-15(10-29-18)19(20,21)22/h5-10,12H,4H2,1-3H3,(H,23,24)(H,25,28). The number of halogens is 3. The summed E-state index contributed by atoms with van der Waals surface area (Å²) < 4.78 is 39.6. The molecular weight excluding hydrogens is 403 g/mol. The highest BCUT2D eigenvalue weighted by Crippen LogP contribution is 2.32. The molecule has 0 saturated carbocycles. The Balaban J connectivity index is 1.65. The van der Waals surface area contributed by atoms with Gasteiger partial charge in [-0.3, -0.25) is 4.79 Å². The topological polar surface area (TPSA) is 71.8 Å². The highest BCUT2D eigenvalue weighted by atomic mass is 32.1. The number of thiazole rings is 1. The van der Waals surface area contributed by atoms with Gasteiger partial charge in [0.1, 0.15) is 5.82 Å². The third kappa shape index (κ3) is 4.94. The average Bonchev–Trinajstić information content (AvgIpc) is 3.28. The first-order valence-corrected chi connectivity index (χ1v) is 9.80. The van der Waals surface area contributed by atoms with Crippen molar-refractivity contribution in [1.29, 1.82) is 0 Å². The summed E-state index contributed by atoms with van der Waals surface area (Å²) in [7, 11) is 0. The van der Waals surface area contributed by atoms with Crippen molar-refractivity contribution < 1.29 is 18.0 Å². The summed E-state index contributed by atoms with van der Waals surface area (Å²) in [5.41, 5.74) is 1.26. The van der Waals surface area contributed by atoms with Gasteiger partial charge in [0.25, 0.3) is 0 Å². The Morgan fingerprint density at radius 3 is 2.55 bits per heavy atom. The lowest BCUT2D eigenvalue weighted by Crippen LogP contribution is -2.21. The van der Waals surface area contributed by atoms with E-state index in [4.69, 9.17) is 0 Å². The van der Waals surface area contributed by atoms with Gasteiger partial charge in [0.05, 0.1) is 11.6 Å². The summed E-state index contributed by atoms with van der Waals surface area (Å²) in [5, 5.41) is 11.1. The number of benzene rings is 1. The van der Waals surface area contributed by atoms with Crippen molar-refractivity contribution >= 4 is 33.9 Å². The number of carbonyl (C=O) groups is 1. The SMILES string of the molecule is CCn1nc(C)cc1NC(=O)C(C)c1ccc(Nc2nc(C(F)(F)F)cs2)cc1. The number of nitrogens with one attached hydrogen (secondary N) is 2. The van der Waals surface area contributed by atoms with Crippen molar-refractivity contribution in [3.8, 4) is 0 Å². The molecule has 0 radical (unpaired) electrons. The molecule has 154 valence electrons. The minimum absolute atomic E-state index is 0.152. The van der Waals surface area contributed by atoms with Crippen LogP contribution in [0.25, 0.3) is 0 Å². The smallest absolute Gasteiger partial charge is 0.332 e. The van der Waals surface area contributed by atoms with Crippen LogP contribution < -0.4 is 10.6 Å². The summed E-state index contributed by atoms with van der Waals surface area (Å²) in [6.07, 6.45) is -4.46. The zero-order valence-electron chi connectivity index (χ0n) is 16.0. The van der Waals surface area contributed by atoms with Crippen molar-refractivity contribution in [3.63, 3.8) is 0 Å².